The van der Waals surface area contributed by atoms with E-state index in [2.05, 4.69) is 34.2 Å². The number of rotatable bonds is 11. The van der Waals surface area contributed by atoms with Gasteiger partial charge in [0.1, 0.15) is 5.75 Å². The summed E-state index contributed by atoms with van der Waals surface area (Å²) in [5.74, 6) is 1.72. The summed E-state index contributed by atoms with van der Waals surface area (Å²) < 4.78 is 7.91. The maximum atomic E-state index is 12.2. The first kappa shape index (κ1) is 21.6. The summed E-state index contributed by atoms with van der Waals surface area (Å²) in [4.78, 5) is 12.2. The molecule has 156 valence electrons. The minimum Gasteiger partial charge on any atom is -0.483 e. The second-order valence-electron chi connectivity index (χ2n) is 6.69. The third-order valence-electron chi connectivity index (χ3n) is 4.39. The summed E-state index contributed by atoms with van der Waals surface area (Å²) >= 11 is 1.36. The number of hydrogen-bond donors (Lipinski definition) is 1. The number of para-hydroxylation sites is 1. The van der Waals surface area contributed by atoms with Crippen LogP contribution in [-0.2, 0) is 17.8 Å². The van der Waals surface area contributed by atoms with E-state index in [0.717, 1.165) is 12.2 Å². The van der Waals surface area contributed by atoms with Crippen molar-refractivity contribution in [3.8, 4) is 5.75 Å². The Balaban J connectivity index is 1.55. The molecule has 1 amide bonds. The lowest BCUT2D eigenvalue weighted by molar-refractivity contribution is -0.118. The number of benzene rings is 2. The first-order valence-corrected chi connectivity index (χ1v) is 10.8. The molecule has 1 aromatic heterocycles. The molecule has 0 spiro atoms. The minimum atomic E-state index is -0.283. The Morgan fingerprint density at radius 1 is 1.17 bits per heavy atom. The van der Waals surface area contributed by atoms with Crippen LogP contribution in [0.2, 0.25) is 0 Å². The zero-order chi connectivity index (χ0) is 21.2. The van der Waals surface area contributed by atoms with Crippen molar-refractivity contribution in [3.63, 3.8) is 0 Å². The average Bonchev–Trinajstić information content (AvgIpc) is 3.17. The fourth-order valence-electron chi connectivity index (χ4n) is 2.94. The Labute approximate surface area is 181 Å². The van der Waals surface area contributed by atoms with Gasteiger partial charge >= 0.3 is 0 Å². The van der Waals surface area contributed by atoms with E-state index in [0.29, 0.717) is 24.1 Å². The molecule has 3 aromatic rings. The third-order valence-corrected chi connectivity index (χ3v) is 5.35. The Morgan fingerprint density at radius 2 is 1.87 bits per heavy atom. The summed E-state index contributed by atoms with van der Waals surface area (Å²) in [6, 6.07) is 19.7. The van der Waals surface area contributed by atoms with Gasteiger partial charge in [-0.05, 0) is 31.0 Å². The number of allylic oxidation sites excluding steroid dienone is 1. The van der Waals surface area contributed by atoms with Gasteiger partial charge in [0.05, 0.1) is 5.75 Å². The van der Waals surface area contributed by atoms with Crippen molar-refractivity contribution in [1.82, 2.24) is 20.1 Å². The van der Waals surface area contributed by atoms with E-state index in [1.165, 1.54) is 17.3 Å². The highest BCUT2D eigenvalue weighted by molar-refractivity contribution is 7.99. The van der Waals surface area contributed by atoms with E-state index in [9.17, 15) is 4.79 Å². The van der Waals surface area contributed by atoms with Crippen LogP contribution in [0.4, 0.5) is 0 Å². The first-order valence-electron chi connectivity index (χ1n) is 9.86. The monoisotopic (exact) mass is 422 g/mol. The van der Waals surface area contributed by atoms with Gasteiger partial charge < -0.3 is 10.1 Å². The van der Waals surface area contributed by atoms with Crippen LogP contribution in [0.3, 0.4) is 0 Å². The molecule has 1 N–H and O–H groups in total. The molecule has 1 heterocycles. The Hall–Kier alpha value is -3.06. The normalized spacial score (nSPS) is 11.6. The fraction of sp³-hybridized carbons (Fsp3) is 0.261. The third kappa shape index (κ3) is 6.22. The summed E-state index contributed by atoms with van der Waals surface area (Å²) in [5.41, 5.74) is 1.20. The maximum absolute atomic E-state index is 12.2. The minimum absolute atomic E-state index is 0.0285. The molecule has 0 aliphatic carbocycles. The van der Waals surface area contributed by atoms with Crippen LogP contribution >= 0.6 is 11.8 Å². The lowest BCUT2D eigenvalue weighted by Gasteiger charge is -2.15. The van der Waals surface area contributed by atoms with Gasteiger partial charge in [0.25, 0.3) is 0 Å². The van der Waals surface area contributed by atoms with Crippen LogP contribution in [0.5, 0.6) is 5.75 Å². The Morgan fingerprint density at radius 3 is 2.57 bits per heavy atom. The van der Waals surface area contributed by atoms with E-state index >= 15 is 0 Å². The van der Waals surface area contributed by atoms with Gasteiger partial charge in [-0.25, -0.2) is 0 Å². The van der Waals surface area contributed by atoms with Gasteiger partial charge in [-0.2, -0.15) is 0 Å². The van der Waals surface area contributed by atoms with Crippen molar-refractivity contribution in [2.45, 2.75) is 31.1 Å². The molecule has 7 heteroatoms. The molecule has 6 nitrogen and oxygen atoms in total. The van der Waals surface area contributed by atoms with Crippen molar-refractivity contribution in [1.29, 1.82) is 0 Å². The highest BCUT2D eigenvalue weighted by Crippen LogP contribution is 2.24. The molecule has 0 radical (unpaired) electrons. The number of amides is 1. The van der Waals surface area contributed by atoms with Crippen LogP contribution in [-0.4, -0.2) is 33.0 Å². The van der Waals surface area contributed by atoms with Crippen molar-refractivity contribution in [2.24, 2.45) is 0 Å². The molecule has 0 saturated carbocycles. The summed E-state index contributed by atoms with van der Waals surface area (Å²) in [6.07, 6.45) is 2.31. The van der Waals surface area contributed by atoms with Gasteiger partial charge in [-0.15, -0.1) is 16.8 Å². The van der Waals surface area contributed by atoms with E-state index in [1.54, 1.807) is 6.08 Å². The van der Waals surface area contributed by atoms with E-state index in [4.69, 9.17) is 4.74 Å². The highest BCUT2D eigenvalue weighted by Gasteiger charge is 2.19. The van der Waals surface area contributed by atoms with Crippen molar-refractivity contribution in [2.75, 3.05) is 12.3 Å². The van der Waals surface area contributed by atoms with Gasteiger partial charge in [0.15, 0.2) is 17.1 Å². The van der Waals surface area contributed by atoms with Crippen molar-refractivity contribution >= 4 is 17.7 Å². The van der Waals surface area contributed by atoms with Crippen LogP contribution < -0.4 is 10.1 Å². The standard InChI is InChI=1S/C23H26N4O2S/c1-3-16-27-22(18(2)29-20-12-8-5-9-13-20)25-26-23(27)30-17-21(28)24-15-14-19-10-6-4-7-11-19/h3-13,18H,1,14-17H2,2H3,(H,24,28). The topological polar surface area (TPSA) is 69.0 Å². The fourth-order valence-corrected chi connectivity index (χ4v) is 3.72. The lowest BCUT2D eigenvalue weighted by atomic mass is 10.1. The second-order valence-corrected chi connectivity index (χ2v) is 7.63. The van der Waals surface area contributed by atoms with Crippen LogP contribution in [0, 0.1) is 0 Å². The molecular weight excluding hydrogens is 396 g/mol. The zero-order valence-electron chi connectivity index (χ0n) is 17.0. The van der Waals surface area contributed by atoms with Gasteiger partial charge in [0, 0.05) is 13.1 Å². The van der Waals surface area contributed by atoms with Gasteiger partial charge in [-0.1, -0.05) is 66.4 Å². The summed E-state index contributed by atoms with van der Waals surface area (Å²) in [6.45, 7) is 6.90. The quantitative estimate of drug-likeness (QED) is 0.373. The predicted octanol–water partition coefficient (Wildman–Crippen LogP) is 4.06. The molecule has 0 aliphatic heterocycles. The van der Waals surface area contributed by atoms with Gasteiger partial charge in [0.2, 0.25) is 5.91 Å². The molecule has 3 rings (SSSR count). The number of thioether (sulfide) groups is 1. The first-order chi connectivity index (χ1) is 14.7. The summed E-state index contributed by atoms with van der Waals surface area (Å²) in [7, 11) is 0. The number of hydrogen-bond acceptors (Lipinski definition) is 5. The van der Waals surface area contributed by atoms with E-state index < -0.39 is 0 Å². The Kier molecular flexibility index (Phi) is 8.09. The lowest BCUT2D eigenvalue weighted by Crippen LogP contribution is -2.27. The number of nitrogens with one attached hydrogen (secondary N) is 1. The molecule has 0 saturated heterocycles. The van der Waals surface area contributed by atoms with Crippen molar-refractivity contribution in [3.05, 3.63) is 84.7 Å². The van der Waals surface area contributed by atoms with Crippen LogP contribution in [0.1, 0.15) is 24.4 Å². The highest BCUT2D eigenvalue weighted by atomic mass is 32.2. The molecular formula is C23H26N4O2S. The number of carbonyl (C=O) groups excluding carboxylic acids is 1. The molecule has 0 aliphatic rings. The van der Waals surface area contributed by atoms with Crippen LogP contribution in [0.15, 0.2) is 78.5 Å². The molecule has 2 aromatic carbocycles. The molecule has 30 heavy (non-hydrogen) atoms. The number of nitrogens with zero attached hydrogens (tertiary/aromatic N) is 3. The van der Waals surface area contributed by atoms with E-state index in [1.807, 2.05) is 60.0 Å². The molecule has 1 atom stereocenters. The molecule has 0 fully saturated rings. The number of ether oxygens (including phenoxy) is 1. The molecule has 1 unspecified atom stereocenters. The number of carbonyl (C=O) groups is 1. The molecule has 0 bridgehead atoms. The number of aromatic nitrogens is 3. The maximum Gasteiger partial charge on any atom is 0.230 e. The van der Waals surface area contributed by atoms with Crippen molar-refractivity contribution < 1.29 is 9.53 Å². The average molecular weight is 423 g/mol. The predicted molar refractivity (Wildman–Crippen MR) is 120 cm³/mol. The van der Waals surface area contributed by atoms with Gasteiger partial charge in [-0.3, -0.25) is 9.36 Å². The smallest absolute Gasteiger partial charge is 0.230 e. The SMILES string of the molecule is C=CCn1c(SCC(=O)NCCc2ccccc2)nnc1C(C)Oc1ccccc1. The summed E-state index contributed by atoms with van der Waals surface area (Å²) in [5, 5.41) is 12.2. The van der Waals surface area contributed by atoms with Crippen LogP contribution in [0.25, 0.3) is 0 Å². The Bertz CT molecular complexity index is 944. The zero-order valence-corrected chi connectivity index (χ0v) is 17.8. The van der Waals surface area contributed by atoms with E-state index in [-0.39, 0.29) is 17.8 Å². The largest absolute Gasteiger partial charge is 0.483 e. The second kappa shape index (κ2) is 11.2.